The quantitative estimate of drug-likeness (QED) is 0.345. The summed E-state index contributed by atoms with van der Waals surface area (Å²) in [6.07, 6.45) is 0.891. The van der Waals surface area contributed by atoms with Crippen molar-refractivity contribution in [3.63, 3.8) is 0 Å². The Bertz CT molecular complexity index is 1200. The first-order valence-electron chi connectivity index (χ1n) is 12.1. The number of halogens is 5. The predicted octanol–water partition coefficient (Wildman–Crippen LogP) is 4.93. The van der Waals surface area contributed by atoms with Gasteiger partial charge in [-0.05, 0) is 48.9 Å². The number of fused-ring (bicyclic) bond motifs is 3. The first-order chi connectivity index (χ1) is 17.2. The molecule has 2 atom stereocenters. The fourth-order valence-electron chi connectivity index (χ4n) is 5.44. The summed E-state index contributed by atoms with van der Waals surface area (Å²) in [6.45, 7) is 1.12. The number of benzene rings is 1. The number of aromatic nitrogens is 1. The van der Waals surface area contributed by atoms with Crippen LogP contribution in [0, 0.1) is 11.6 Å². The Labute approximate surface area is 209 Å². The summed E-state index contributed by atoms with van der Waals surface area (Å²) in [5.74, 6) is -5.08. The lowest BCUT2D eigenvalue weighted by Crippen LogP contribution is -2.54. The molecule has 196 valence electrons. The van der Waals surface area contributed by atoms with Gasteiger partial charge in [0.25, 0.3) is 5.92 Å². The van der Waals surface area contributed by atoms with Crippen LogP contribution in [0.1, 0.15) is 36.2 Å². The summed E-state index contributed by atoms with van der Waals surface area (Å²) in [6, 6.07) is 2.78. The van der Waals surface area contributed by atoms with E-state index in [0.29, 0.717) is 38.2 Å². The average Bonchev–Trinajstić information content (AvgIpc) is 3.39. The Balaban J connectivity index is 1.48. The fourth-order valence-corrected chi connectivity index (χ4v) is 6.27. The van der Waals surface area contributed by atoms with Crippen LogP contribution in [0.25, 0.3) is 10.2 Å². The lowest BCUT2D eigenvalue weighted by molar-refractivity contribution is -0.0869. The molecule has 0 aliphatic carbocycles. The number of H-pyrrole nitrogens is 1. The molecule has 2 aliphatic rings. The summed E-state index contributed by atoms with van der Waals surface area (Å²) in [7, 11) is 0. The van der Waals surface area contributed by atoms with E-state index < -0.39 is 42.8 Å². The number of nitrogens with zero attached hydrogens (tertiary/aromatic N) is 2. The van der Waals surface area contributed by atoms with E-state index in [-0.39, 0.29) is 24.0 Å². The number of aliphatic hydroxyl groups excluding tert-OH is 1. The molecule has 5 rings (SSSR count). The molecule has 0 radical (unpaired) electrons. The Morgan fingerprint density at radius 3 is 2.61 bits per heavy atom. The zero-order chi connectivity index (χ0) is 25.6. The van der Waals surface area contributed by atoms with Gasteiger partial charge in [0, 0.05) is 48.0 Å². The Morgan fingerprint density at radius 2 is 1.94 bits per heavy atom. The average molecular weight is 529 g/mol. The molecule has 1 fully saturated rings. The first kappa shape index (κ1) is 25.4. The van der Waals surface area contributed by atoms with Crippen LogP contribution in [0.3, 0.4) is 0 Å². The summed E-state index contributed by atoms with van der Waals surface area (Å²) in [5, 5.41) is 15.2. The maximum Gasteiger partial charge on any atom is 0.283 e. The lowest BCUT2D eigenvalue weighted by atomic mass is 9.88. The van der Waals surface area contributed by atoms with Gasteiger partial charge in [0.15, 0.2) is 0 Å². The highest BCUT2D eigenvalue weighted by Gasteiger charge is 2.43. The molecule has 0 spiro atoms. The van der Waals surface area contributed by atoms with Crippen molar-refractivity contribution in [2.75, 3.05) is 44.8 Å². The number of anilines is 1. The van der Waals surface area contributed by atoms with Crippen LogP contribution in [0.4, 0.5) is 27.6 Å². The molecule has 4 heterocycles. The van der Waals surface area contributed by atoms with Crippen molar-refractivity contribution in [3.05, 3.63) is 52.0 Å². The Hall–Kier alpha value is -2.21. The number of thiophene rings is 1. The molecule has 2 aromatic heterocycles. The Morgan fingerprint density at radius 1 is 1.22 bits per heavy atom. The van der Waals surface area contributed by atoms with Crippen molar-refractivity contribution in [1.29, 1.82) is 0 Å². The second kappa shape index (κ2) is 9.92. The Kier molecular flexibility index (Phi) is 7.01. The molecule has 3 aromatic rings. The van der Waals surface area contributed by atoms with Crippen molar-refractivity contribution < 1.29 is 27.1 Å². The van der Waals surface area contributed by atoms with Gasteiger partial charge in [0.2, 0.25) is 0 Å². The molecule has 11 heteroatoms. The largest absolute Gasteiger partial charge is 0.390 e. The third kappa shape index (κ3) is 4.73. The summed E-state index contributed by atoms with van der Waals surface area (Å²) < 4.78 is 72.3. The van der Waals surface area contributed by atoms with Crippen molar-refractivity contribution in [1.82, 2.24) is 14.8 Å². The highest BCUT2D eigenvalue weighted by atomic mass is 32.1. The highest BCUT2D eigenvalue weighted by molar-refractivity contribution is 7.16. The SMILES string of the molecule is CC1Cc2c([nH]c3sccc23)C(c2c(F)cc(NC3CN(CCCF)C3)cc2F)N1CC(F)(F)CO. The van der Waals surface area contributed by atoms with Crippen LogP contribution in [-0.2, 0) is 6.42 Å². The van der Waals surface area contributed by atoms with Gasteiger partial charge in [-0.25, -0.2) is 17.6 Å². The zero-order valence-electron chi connectivity index (χ0n) is 19.8. The van der Waals surface area contributed by atoms with Gasteiger partial charge < -0.3 is 15.4 Å². The molecule has 0 bridgehead atoms. The monoisotopic (exact) mass is 528 g/mol. The molecule has 2 aliphatic heterocycles. The van der Waals surface area contributed by atoms with Crippen LogP contribution in [0.15, 0.2) is 23.6 Å². The van der Waals surface area contributed by atoms with Crippen molar-refractivity contribution in [2.45, 2.75) is 43.8 Å². The second-order valence-electron chi connectivity index (χ2n) is 9.82. The minimum Gasteiger partial charge on any atom is -0.390 e. The molecule has 0 saturated carbocycles. The molecule has 36 heavy (non-hydrogen) atoms. The van der Waals surface area contributed by atoms with Gasteiger partial charge in [0.05, 0.1) is 25.3 Å². The molecule has 2 unspecified atom stereocenters. The predicted molar refractivity (Wildman–Crippen MR) is 131 cm³/mol. The van der Waals surface area contributed by atoms with Crippen molar-refractivity contribution in [2.24, 2.45) is 0 Å². The van der Waals surface area contributed by atoms with E-state index in [1.165, 1.54) is 28.4 Å². The van der Waals surface area contributed by atoms with Crippen LogP contribution >= 0.6 is 11.3 Å². The van der Waals surface area contributed by atoms with Gasteiger partial charge in [-0.2, -0.15) is 0 Å². The van der Waals surface area contributed by atoms with E-state index in [9.17, 15) is 18.3 Å². The summed E-state index contributed by atoms with van der Waals surface area (Å²) >= 11 is 1.45. The van der Waals surface area contributed by atoms with E-state index in [4.69, 9.17) is 0 Å². The number of hydrogen-bond acceptors (Lipinski definition) is 5. The van der Waals surface area contributed by atoms with E-state index in [2.05, 4.69) is 15.2 Å². The second-order valence-corrected chi connectivity index (χ2v) is 10.7. The number of rotatable bonds is 9. The van der Waals surface area contributed by atoms with Crippen LogP contribution in [0.2, 0.25) is 0 Å². The minimum absolute atomic E-state index is 0.00879. The highest BCUT2D eigenvalue weighted by Crippen LogP contribution is 2.44. The third-order valence-electron chi connectivity index (χ3n) is 7.17. The smallest absolute Gasteiger partial charge is 0.283 e. The van der Waals surface area contributed by atoms with Gasteiger partial charge in [-0.15, -0.1) is 11.3 Å². The van der Waals surface area contributed by atoms with E-state index in [0.717, 1.165) is 15.8 Å². The normalized spacial score (nSPS) is 21.6. The molecule has 1 saturated heterocycles. The molecule has 1 aromatic carbocycles. The van der Waals surface area contributed by atoms with E-state index >= 15 is 8.78 Å². The fraction of sp³-hybridized carbons (Fsp3) is 0.520. The van der Waals surface area contributed by atoms with Crippen LogP contribution in [-0.4, -0.2) is 77.4 Å². The number of aromatic amines is 1. The maximum absolute atomic E-state index is 15.6. The number of likely N-dealkylation sites (tertiary alicyclic amines) is 1. The topological polar surface area (TPSA) is 54.5 Å². The van der Waals surface area contributed by atoms with Gasteiger partial charge >= 0.3 is 0 Å². The van der Waals surface area contributed by atoms with E-state index in [1.807, 2.05) is 11.4 Å². The number of aliphatic hydroxyl groups is 1. The van der Waals surface area contributed by atoms with Crippen LogP contribution in [0.5, 0.6) is 0 Å². The summed E-state index contributed by atoms with van der Waals surface area (Å²) in [5.41, 5.74) is 1.35. The van der Waals surface area contributed by atoms with Gasteiger partial charge in [-0.3, -0.25) is 14.2 Å². The first-order valence-corrected chi connectivity index (χ1v) is 12.9. The minimum atomic E-state index is -3.43. The molecule has 5 nitrogen and oxygen atoms in total. The number of nitrogens with one attached hydrogen (secondary N) is 2. The maximum atomic E-state index is 15.6. The van der Waals surface area contributed by atoms with Crippen LogP contribution < -0.4 is 5.32 Å². The van der Waals surface area contributed by atoms with Crippen molar-refractivity contribution in [3.8, 4) is 0 Å². The third-order valence-corrected chi connectivity index (χ3v) is 8.00. The molecule has 0 amide bonds. The molecule has 3 N–H and O–H groups in total. The van der Waals surface area contributed by atoms with Crippen molar-refractivity contribution >= 4 is 27.2 Å². The molecular weight excluding hydrogens is 499 g/mol. The summed E-state index contributed by atoms with van der Waals surface area (Å²) in [4.78, 5) is 7.49. The van der Waals surface area contributed by atoms with E-state index in [1.54, 1.807) is 6.92 Å². The standard InChI is InChI=1S/C25H29F5N4OS/c1-14-7-18-17-3-6-36-24(17)32-22(18)23(34(14)12-25(29,30)13-35)21-19(27)8-15(9-20(21)28)31-16-10-33(11-16)5-2-4-26/h3,6,8-9,14,16,23,31-32,35H,2,4-5,7,10-13H2,1H3. The lowest BCUT2D eigenvalue weighted by Gasteiger charge is -2.42. The number of alkyl halides is 3. The van der Waals surface area contributed by atoms with Gasteiger partial charge in [-0.1, -0.05) is 0 Å². The number of hydrogen-bond donors (Lipinski definition) is 3. The zero-order valence-corrected chi connectivity index (χ0v) is 20.7. The molecular formula is C25H29F5N4OS. The van der Waals surface area contributed by atoms with Gasteiger partial charge in [0.1, 0.15) is 23.1 Å².